The molecule has 0 bridgehead atoms. The predicted molar refractivity (Wildman–Crippen MR) is 58.5 cm³/mol. The van der Waals surface area contributed by atoms with Crippen LogP contribution in [0.25, 0.3) is 0 Å². The summed E-state index contributed by atoms with van der Waals surface area (Å²) in [4.78, 5) is 0. The van der Waals surface area contributed by atoms with E-state index in [0.717, 1.165) is 11.8 Å². The van der Waals surface area contributed by atoms with Crippen molar-refractivity contribution in [1.82, 2.24) is 0 Å². The second kappa shape index (κ2) is 4.80. The highest BCUT2D eigenvalue weighted by molar-refractivity contribution is 5.02. The van der Waals surface area contributed by atoms with Gasteiger partial charge in [-0.05, 0) is 38.5 Å². The number of nitrogens with two attached hydrogens (primary N) is 1. The minimum Gasteiger partial charge on any atom is -0.324 e. The van der Waals surface area contributed by atoms with Gasteiger partial charge < -0.3 is 5.73 Å². The van der Waals surface area contributed by atoms with Gasteiger partial charge in [-0.15, -0.1) is 0 Å². The van der Waals surface area contributed by atoms with E-state index in [9.17, 15) is 0 Å². The molecule has 1 aliphatic carbocycles. The molecule has 0 radical (unpaired) electrons. The monoisotopic (exact) mass is 181 g/mol. The Bertz CT molecular complexity index is 172. The number of allylic oxidation sites excluding steroid dienone is 1. The first-order chi connectivity index (χ1) is 6.09. The Balaban J connectivity index is 2.40. The van der Waals surface area contributed by atoms with Crippen LogP contribution in [0.2, 0.25) is 0 Å². The first kappa shape index (κ1) is 10.8. The summed E-state index contributed by atoms with van der Waals surface area (Å²) in [6.45, 7) is 6.61. The molecule has 1 nitrogen and oxygen atoms in total. The van der Waals surface area contributed by atoms with Crippen molar-refractivity contribution in [1.29, 1.82) is 0 Å². The van der Waals surface area contributed by atoms with Gasteiger partial charge in [0.05, 0.1) is 0 Å². The summed E-state index contributed by atoms with van der Waals surface area (Å²) in [5.74, 6) is 1.67. The highest BCUT2D eigenvalue weighted by Crippen LogP contribution is 2.30. The average molecular weight is 181 g/mol. The van der Waals surface area contributed by atoms with Gasteiger partial charge in [0, 0.05) is 6.04 Å². The molecule has 1 rings (SSSR count). The van der Waals surface area contributed by atoms with E-state index in [0.29, 0.717) is 6.04 Å². The molecule has 0 aromatic carbocycles. The maximum atomic E-state index is 6.12. The lowest BCUT2D eigenvalue weighted by molar-refractivity contribution is 0.272. The first-order valence-corrected chi connectivity index (χ1v) is 5.50. The Morgan fingerprint density at radius 3 is 2.23 bits per heavy atom. The lowest BCUT2D eigenvalue weighted by Gasteiger charge is -2.29. The standard InChI is InChI=1S/C12H23N/c1-9(2)8-12(13)11-6-4-10(3)5-7-11/h8,10-12H,4-7,13H2,1-3H3. The van der Waals surface area contributed by atoms with Crippen LogP contribution in [-0.2, 0) is 0 Å². The smallest absolute Gasteiger partial charge is 0.0254 e. The summed E-state index contributed by atoms with van der Waals surface area (Å²) in [5, 5.41) is 0. The molecule has 0 spiro atoms. The molecule has 13 heavy (non-hydrogen) atoms. The van der Waals surface area contributed by atoms with Crippen LogP contribution in [0.1, 0.15) is 46.5 Å². The molecule has 2 N–H and O–H groups in total. The van der Waals surface area contributed by atoms with Crippen molar-refractivity contribution in [3.05, 3.63) is 11.6 Å². The molecule has 1 fully saturated rings. The van der Waals surface area contributed by atoms with E-state index < -0.39 is 0 Å². The van der Waals surface area contributed by atoms with Crippen molar-refractivity contribution in [2.24, 2.45) is 17.6 Å². The third kappa shape index (κ3) is 3.51. The third-order valence-corrected chi connectivity index (χ3v) is 3.13. The number of hydrogen-bond donors (Lipinski definition) is 1. The topological polar surface area (TPSA) is 26.0 Å². The summed E-state index contributed by atoms with van der Waals surface area (Å²) < 4.78 is 0. The summed E-state index contributed by atoms with van der Waals surface area (Å²) in [5.41, 5.74) is 7.47. The summed E-state index contributed by atoms with van der Waals surface area (Å²) in [6, 6.07) is 0.303. The molecule has 1 unspecified atom stereocenters. The van der Waals surface area contributed by atoms with Gasteiger partial charge in [-0.3, -0.25) is 0 Å². The van der Waals surface area contributed by atoms with Crippen LogP contribution >= 0.6 is 0 Å². The number of hydrogen-bond acceptors (Lipinski definition) is 1. The van der Waals surface area contributed by atoms with Crippen LogP contribution in [-0.4, -0.2) is 6.04 Å². The third-order valence-electron chi connectivity index (χ3n) is 3.13. The minimum atomic E-state index is 0.303. The van der Waals surface area contributed by atoms with Gasteiger partial charge in [0.1, 0.15) is 0 Å². The molecule has 0 aromatic heterocycles. The maximum absolute atomic E-state index is 6.12. The van der Waals surface area contributed by atoms with E-state index in [1.165, 1.54) is 31.3 Å². The normalized spacial score (nSPS) is 31.1. The highest BCUT2D eigenvalue weighted by atomic mass is 14.6. The van der Waals surface area contributed by atoms with E-state index in [-0.39, 0.29) is 0 Å². The van der Waals surface area contributed by atoms with E-state index in [1.54, 1.807) is 0 Å². The van der Waals surface area contributed by atoms with E-state index >= 15 is 0 Å². The van der Waals surface area contributed by atoms with E-state index in [4.69, 9.17) is 5.73 Å². The van der Waals surface area contributed by atoms with Crippen LogP contribution in [0.4, 0.5) is 0 Å². The van der Waals surface area contributed by atoms with Gasteiger partial charge in [0.25, 0.3) is 0 Å². The summed E-state index contributed by atoms with van der Waals surface area (Å²) in [7, 11) is 0. The molecular formula is C12H23N. The zero-order chi connectivity index (χ0) is 9.84. The average Bonchev–Trinajstić information content (AvgIpc) is 2.04. The van der Waals surface area contributed by atoms with E-state index in [2.05, 4.69) is 26.8 Å². The van der Waals surface area contributed by atoms with Crippen LogP contribution in [0.3, 0.4) is 0 Å². The SMILES string of the molecule is CC(C)=CC(N)C1CCC(C)CC1. The summed E-state index contributed by atoms with van der Waals surface area (Å²) in [6.07, 6.45) is 7.61. The molecule has 0 aliphatic heterocycles. The molecule has 1 aliphatic rings. The summed E-state index contributed by atoms with van der Waals surface area (Å²) >= 11 is 0. The fourth-order valence-corrected chi connectivity index (χ4v) is 2.19. The zero-order valence-corrected chi connectivity index (χ0v) is 9.22. The molecule has 76 valence electrons. The van der Waals surface area contributed by atoms with Crippen molar-refractivity contribution in [3.63, 3.8) is 0 Å². The second-order valence-corrected chi connectivity index (χ2v) is 4.84. The zero-order valence-electron chi connectivity index (χ0n) is 9.22. The lowest BCUT2D eigenvalue weighted by atomic mass is 9.79. The van der Waals surface area contributed by atoms with Crippen molar-refractivity contribution in [2.75, 3.05) is 0 Å². The minimum absolute atomic E-state index is 0.303. The van der Waals surface area contributed by atoms with Crippen molar-refractivity contribution in [2.45, 2.75) is 52.5 Å². The largest absolute Gasteiger partial charge is 0.324 e. The van der Waals surface area contributed by atoms with Crippen molar-refractivity contribution in [3.8, 4) is 0 Å². The molecular weight excluding hydrogens is 158 g/mol. The second-order valence-electron chi connectivity index (χ2n) is 4.84. The molecule has 0 amide bonds. The Hall–Kier alpha value is -0.300. The fraction of sp³-hybridized carbons (Fsp3) is 0.833. The quantitative estimate of drug-likeness (QED) is 0.651. The van der Waals surface area contributed by atoms with Crippen molar-refractivity contribution < 1.29 is 0 Å². The van der Waals surface area contributed by atoms with Crippen molar-refractivity contribution >= 4 is 0 Å². The van der Waals surface area contributed by atoms with E-state index in [1.807, 2.05) is 0 Å². The molecule has 0 heterocycles. The van der Waals surface area contributed by atoms with Gasteiger partial charge in [0.2, 0.25) is 0 Å². The Morgan fingerprint density at radius 2 is 1.77 bits per heavy atom. The van der Waals surface area contributed by atoms with Gasteiger partial charge in [-0.25, -0.2) is 0 Å². The van der Waals surface area contributed by atoms with Gasteiger partial charge in [0.15, 0.2) is 0 Å². The van der Waals surface area contributed by atoms with Gasteiger partial charge in [-0.1, -0.05) is 31.4 Å². The molecule has 0 saturated heterocycles. The predicted octanol–water partition coefficient (Wildman–Crippen LogP) is 3.11. The van der Waals surface area contributed by atoms with Gasteiger partial charge >= 0.3 is 0 Å². The van der Waals surface area contributed by atoms with Crippen LogP contribution in [0, 0.1) is 11.8 Å². The Labute approximate surface area is 82.4 Å². The lowest BCUT2D eigenvalue weighted by Crippen LogP contribution is -2.31. The Morgan fingerprint density at radius 1 is 1.23 bits per heavy atom. The molecule has 1 saturated carbocycles. The number of rotatable bonds is 2. The first-order valence-electron chi connectivity index (χ1n) is 5.50. The van der Waals surface area contributed by atoms with Crippen LogP contribution < -0.4 is 5.73 Å². The van der Waals surface area contributed by atoms with Crippen LogP contribution in [0.5, 0.6) is 0 Å². The van der Waals surface area contributed by atoms with Crippen LogP contribution in [0.15, 0.2) is 11.6 Å². The van der Waals surface area contributed by atoms with Gasteiger partial charge in [-0.2, -0.15) is 0 Å². The Kier molecular flexibility index (Phi) is 3.98. The molecule has 1 heteroatoms. The fourth-order valence-electron chi connectivity index (χ4n) is 2.19. The molecule has 1 atom stereocenters. The highest BCUT2D eigenvalue weighted by Gasteiger charge is 2.21. The molecule has 0 aromatic rings. The maximum Gasteiger partial charge on any atom is 0.0254 e.